The summed E-state index contributed by atoms with van der Waals surface area (Å²) in [6.45, 7) is 1.61. The number of carbonyl (C=O) groups is 2. The van der Waals surface area contributed by atoms with Crippen molar-refractivity contribution in [2.45, 2.75) is 31.7 Å². The van der Waals surface area contributed by atoms with Gasteiger partial charge in [-0.3, -0.25) is 14.6 Å². The van der Waals surface area contributed by atoms with E-state index in [2.05, 4.69) is 15.3 Å². The summed E-state index contributed by atoms with van der Waals surface area (Å²) in [6, 6.07) is 0.164. The zero-order valence-electron chi connectivity index (χ0n) is 13.3. The van der Waals surface area contributed by atoms with Gasteiger partial charge in [0.2, 0.25) is 5.91 Å². The topological polar surface area (TPSA) is 84.4 Å². The number of hydrogen-bond acceptors (Lipinski definition) is 5. The van der Waals surface area contributed by atoms with Crippen molar-refractivity contribution in [2.75, 3.05) is 26.8 Å². The Balaban J connectivity index is 1.56. The van der Waals surface area contributed by atoms with Crippen LogP contribution in [-0.4, -0.2) is 59.5 Å². The molecule has 2 aliphatic rings. The number of amides is 2. The van der Waals surface area contributed by atoms with Gasteiger partial charge in [-0.2, -0.15) is 0 Å². The van der Waals surface area contributed by atoms with Crippen LogP contribution in [0, 0.1) is 5.41 Å². The summed E-state index contributed by atoms with van der Waals surface area (Å²) in [5.41, 5.74) is 0.476. The Hall–Kier alpha value is -2.02. The van der Waals surface area contributed by atoms with Crippen molar-refractivity contribution < 1.29 is 14.3 Å². The molecular weight excluding hydrogens is 296 g/mol. The second kappa shape index (κ2) is 6.62. The number of nitrogens with zero attached hydrogens (tertiary/aromatic N) is 3. The van der Waals surface area contributed by atoms with Gasteiger partial charge in [0.25, 0.3) is 5.91 Å². The molecule has 1 saturated heterocycles. The lowest BCUT2D eigenvalue weighted by Crippen LogP contribution is -2.59. The molecule has 1 spiro atoms. The second-order valence-corrected chi connectivity index (χ2v) is 6.33. The van der Waals surface area contributed by atoms with E-state index in [1.165, 1.54) is 19.5 Å². The van der Waals surface area contributed by atoms with Gasteiger partial charge in [-0.15, -0.1) is 0 Å². The fourth-order valence-electron chi connectivity index (χ4n) is 3.59. The van der Waals surface area contributed by atoms with Crippen molar-refractivity contribution in [3.05, 3.63) is 24.3 Å². The van der Waals surface area contributed by atoms with Crippen LogP contribution < -0.4 is 5.32 Å². The molecule has 124 valence electrons. The molecule has 23 heavy (non-hydrogen) atoms. The highest BCUT2D eigenvalue weighted by molar-refractivity contribution is 5.92. The zero-order chi connectivity index (χ0) is 16.3. The van der Waals surface area contributed by atoms with E-state index in [0.717, 1.165) is 38.8 Å². The minimum absolute atomic E-state index is 0.0434. The Kier molecular flexibility index (Phi) is 4.56. The minimum atomic E-state index is -0.167. The summed E-state index contributed by atoms with van der Waals surface area (Å²) >= 11 is 0. The Morgan fingerprint density at radius 3 is 2.70 bits per heavy atom. The van der Waals surface area contributed by atoms with Gasteiger partial charge in [0.05, 0.1) is 6.20 Å². The van der Waals surface area contributed by atoms with Gasteiger partial charge in [0, 0.05) is 38.6 Å². The maximum absolute atomic E-state index is 12.2. The molecule has 1 saturated carbocycles. The van der Waals surface area contributed by atoms with Crippen LogP contribution in [0.2, 0.25) is 0 Å². The van der Waals surface area contributed by atoms with Gasteiger partial charge >= 0.3 is 0 Å². The van der Waals surface area contributed by atoms with Crippen LogP contribution in [0.1, 0.15) is 36.2 Å². The van der Waals surface area contributed by atoms with Gasteiger partial charge in [0.1, 0.15) is 12.3 Å². The molecule has 1 aromatic rings. The standard InChI is InChI=1S/C16H22N4O3/c1-23-11-14(21)20-8-4-16(5-9-20)3-2-13(16)19-15(22)12-10-17-6-7-18-12/h6-7,10,13H,2-5,8-9,11H2,1H3,(H,19,22)/t13-/m0/s1. The zero-order valence-corrected chi connectivity index (χ0v) is 13.3. The molecular formula is C16H22N4O3. The Labute approximate surface area is 135 Å². The Morgan fingerprint density at radius 1 is 1.35 bits per heavy atom. The summed E-state index contributed by atoms with van der Waals surface area (Å²) in [5, 5.41) is 3.09. The third-order valence-corrected chi connectivity index (χ3v) is 5.15. The molecule has 2 heterocycles. The monoisotopic (exact) mass is 318 g/mol. The number of methoxy groups -OCH3 is 1. The highest BCUT2D eigenvalue weighted by Gasteiger charge is 2.49. The summed E-state index contributed by atoms with van der Waals surface area (Å²) in [6.07, 6.45) is 8.48. The lowest BCUT2D eigenvalue weighted by atomic mass is 9.59. The minimum Gasteiger partial charge on any atom is -0.375 e. The van der Waals surface area contributed by atoms with Gasteiger partial charge in [-0.05, 0) is 31.1 Å². The van der Waals surface area contributed by atoms with Gasteiger partial charge in [-0.25, -0.2) is 4.98 Å². The highest BCUT2D eigenvalue weighted by atomic mass is 16.5. The predicted octanol–water partition coefficient (Wildman–Crippen LogP) is 0.624. The molecule has 1 aliphatic heterocycles. The number of piperidine rings is 1. The third-order valence-electron chi connectivity index (χ3n) is 5.15. The van der Waals surface area contributed by atoms with E-state index in [1.807, 2.05) is 4.90 Å². The van der Waals surface area contributed by atoms with Crippen molar-refractivity contribution in [3.63, 3.8) is 0 Å². The molecule has 7 nitrogen and oxygen atoms in total. The number of aromatic nitrogens is 2. The smallest absolute Gasteiger partial charge is 0.271 e. The van der Waals surface area contributed by atoms with Gasteiger partial charge < -0.3 is 15.0 Å². The molecule has 1 N–H and O–H groups in total. The summed E-state index contributed by atoms with van der Waals surface area (Å²) in [7, 11) is 1.54. The van der Waals surface area contributed by atoms with E-state index in [1.54, 1.807) is 6.20 Å². The number of ether oxygens (including phenoxy) is 1. The normalized spacial score (nSPS) is 22.5. The van der Waals surface area contributed by atoms with Gasteiger partial charge in [-0.1, -0.05) is 0 Å². The number of carbonyl (C=O) groups excluding carboxylic acids is 2. The van der Waals surface area contributed by atoms with Crippen LogP contribution in [0.5, 0.6) is 0 Å². The van der Waals surface area contributed by atoms with Crippen LogP contribution in [0.3, 0.4) is 0 Å². The first-order chi connectivity index (χ1) is 11.1. The number of likely N-dealkylation sites (tertiary alicyclic amines) is 1. The van der Waals surface area contributed by atoms with Crippen molar-refractivity contribution in [3.8, 4) is 0 Å². The molecule has 0 radical (unpaired) electrons. The quantitative estimate of drug-likeness (QED) is 0.880. The SMILES string of the molecule is COCC(=O)N1CCC2(CC[C@@H]2NC(=O)c2cnccn2)CC1. The van der Waals surface area contributed by atoms with Crippen LogP contribution in [0.4, 0.5) is 0 Å². The first kappa shape index (κ1) is 15.9. The lowest BCUT2D eigenvalue weighted by Gasteiger charge is -2.54. The van der Waals surface area contributed by atoms with Crippen molar-refractivity contribution in [1.82, 2.24) is 20.2 Å². The van der Waals surface area contributed by atoms with Crippen LogP contribution in [0.15, 0.2) is 18.6 Å². The average Bonchev–Trinajstić information content (AvgIpc) is 2.59. The molecule has 1 aliphatic carbocycles. The highest BCUT2D eigenvalue weighted by Crippen LogP contribution is 2.49. The first-order valence-corrected chi connectivity index (χ1v) is 7.98. The van der Waals surface area contributed by atoms with E-state index < -0.39 is 0 Å². The van der Waals surface area contributed by atoms with Gasteiger partial charge in [0.15, 0.2) is 0 Å². The van der Waals surface area contributed by atoms with E-state index in [-0.39, 0.29) is 29.9 Å². The Morgan fingerprint density at radius 2 is 2.13 bits per heavy atom. The molecule has 0 unspecified atom stereocenters. The van der Waals surface area contributed by atoms with Crippen LogP contribution >= 0.6 is 0 Å². The summed E-state index contributed by atoms with van der Waals surface area (Å²) in [4.78, 5) is 33.9. The average molecular weight is 318 g/mol. The van der Waals surface area contributed by atoms with Crippen molar-refractivity contribution in [2.24, 2.45) is 5.41 Å². The Bertz CT molecular complexity index is 570. The summed E-state index contributed by atoms with van der Waals surface area (Å²) < 4.78 is 4.91. The van der Waals surface area contributed by atoms with Crippen LogP contribution in [0.25, 0.3) is 0 Å². The number of hydrogen-bond donors (Lipinski definition) is 1. The molecule has 2 amide bonds. The maximum atomic E-state index is 12.2. The predicted molar refractivity (Wildman–Crippen MR) is 82.6 cm³/mol. The fraction of sp³-hybridized carbons (Fsp3) is 0.625. The van der Waals surface area contributed by atoms with Crippen LogP contribution in [-0.2, 0) is 9.53 Å². The molecule has 2 fully saturated rings. The number of rotatable bonds is 4. The van der Waals surface area contributed by atoms with E-state index in [4.69, 9.17) is 4.74 Å². The first-order valence-electron chi connectivity index (χ1n) is 7.98. The maximum Gasteiger partial charge on any atom is 0.271 e. The van der Waals surface area contributed by atoms with E-state index >= 15 is 0 Å². The van der Waals surface area contributed by atoms with E-state index in [9.17, 15) is 9.59 Å². The second-order valence-electron chi connectivity index (χ2n) is 6.33. The summed E-state index contributed by atoms with van der Waals surface area (Å²) in [5.74, 6) is -0.123. The van der Waals surface area contributed by atoms with E-state index in [0.29, 0.717) is 5.69 Å². The molecule has 7 heteroatoms. The fourth-order valence-corrected chi connectivity index (χ4v) is 3.59. The lowest BCUT2D eigenvalue weighted by molar-refractivity contribution is -0.139. The third kappa shape index (κ3) is 3.19. The van der Waals surface area contributed by atoms with Crippen molar-refractivity contribution in [1.29, 1.82) is 0 Å². The number of nitrogens with one attached hydrogen (secondary N) is 1. The molecule has 1 atom stereocenters. The molecule has 3 rings (SSSR count). The largest absolute Gasteiger partial charge is 0.375 e. The molecule has 1 aromatic heterocycles. The van der Waals surface area contributed by atoms with Crippen molar-refractivity contribution >= 4 is 11.8 Å². The molecule has 0 aromatic carbocycles. The molecule has 0 bridgehead atoms.